The maximum atomic E-state index is 5.89. The minimum absolute atomic E-state index is 0.574. The Bertz CT molecular complexity index is 1090. The quantitative estimate of drug-likeness (QED) is 0.271. The third kappa shape index (κ3) is 4.32. The number of hydrogen-bond acceptors (Lipinski definition) is 2. The van der Waals surface area contributed by atoms with Crippen molar-refractivity contribution >= 4 is 21.7 Å². The van der Waals surface area contributed by atoms with Crippen LogP contribution in [0.2, 0.25) is 0 Å². The largest absolute Gasteiger partial charge is 0.468 e. The number of aryl methyl sites for hydroxylation is 1. The van der Waals surface area contributed by atoms with E-state index in [2.05, 4.69) is 49.4 Å². The van der Waals surface area contributed by atoms with Crippen LogP contribution in [0, 0.1) is 0 Å². The van der Waals surface area contributed by atoms with Crippen LogP contribution in [-0.4, -0.2) is 7.11 Å². The smallest absolute Gasteiger partial charge is 0.293 e. The summed E-state index contributed by atoms with van der Waals surface area (Å²) in [6.07, 6.45) is 9.22. The highest BCUT2D eigenvalue weighted by atomic mass is 16.6. The molecule has 4 rings (SSSR count). The zero-order chi connectivity index (χ0) is 20.1. The van der Waals surface area contributed by atoms with Gasteiger partial charge in [-0.25, -0.2) is 0 Å². The maximum absolute atomic E-state index is 5.89. The van der Waals surface area contributed by atoms with Crippen molar-refractivity contribution in [3.63, 3.8) is 0 Å². The second-order valence-corrected chi connectivity index (χ2v) is 7.88. The van der Waals surface area contributed by atoms with Gasteiger partial charge in [-0.15, -0.1) is 0 Å². The highest BCUT2D eigenvalue weighted by molar-refractivity contribution is 5.99. The average molecular weight is 387 g/mol. The number of benzene rings is 3. The molecule has 0 saturated carbocycles. The summed E-state index contributed by atoms with van der Waals surface area (Å²) in [6.45, 7) is 2.27. The van der Waals surface area contributed by atoms with Crippen LogP contribution in [0.3, 0.4) is 0 Å². The van der Waals surface area contributed by atoms with Gasteiger partial charge in [0.25, 0.3) is 5.95 Å². The fourth-order valence-electron chi connectivity index (χ4n) is 4.16. The molecule has 29 heavy (non-hydrogen) atoms. The van der Waals surface area contributed by atoms with Gasteiger partial charge in [-0.1, -0.05) is 87.6 Å². The Morgan fingerprint density at radius 3 is 2.41 bits per heavy atom. The highest BCUT2D eigenvalue weighted by Crippen LogP contribution is 2.40. The SMILES string of the molecule is CCCCCCCCc1ccc2cc(-c3c(OC)oc4ccccc34)ccc2c1. The van der Waals surface area contributed by atoms with Gasteiger partial charge in [0.2, 0.25) is 0 Å². The molecule has 0 radical (unpaired) electrons. The molecule has 2 heteroatoms. The van der Waals surface area contributed by atoms with E-state index < -0.39 is 0 Å². The summed E-state index contributed by atoms with van der Waals surface area (Å²) in [4.78, 5) is 0. The van der Waals surface area contributed by atoms with Crippen molar-refractivity contribution in [1.82, 2.24) is 0 Å². The van der Waals surface area contributed by atoms with Crippen molar-refractivity contribution < 1.29 is 9.15 Å². The zero-order valence-electron chi connectivity index (χ0n) is 17.5. The lowest BCUT2D eigenvalue weighted by Gasteiger charge is -2.07. The molecular weight excluding hydrogens is 356 g/mol. The molecule has 0 unspecified atom stereocenters. The first-order valence-corrected chi connectivity index (χ1v) is 10.9. The number of unbranched alkanes of at least 4 members (excludes halogenated alkanes) is 5. The van der Waals surface area contributed by atoms with Gasteiger partial charge in [-0.05, 0) is 46.9 Å². The Morgan fingerprint density at radius 1 is 0.793 bits per heavy atom. The summed E-state index contributed by atoms with van der Waals surface area (Å²) in [5.74, 6) is 0.574. The molecule has 0 fully saturated rings. The number of fused-ring (bicyclic) bond motifs is 2. The molecule has 0 bridgehead atoms. The summed E-state index contributed by atoms with van der Waals surface area (Å²) < 4.78 is 11.4. The molecule has 3 aromatic carbocycles. The molecule has 0 aliphatic rings. The molecular formula is C27H30O2. The fraction of sp³-hybridized carbons (Fsp3) is 0.333. The summed E-state index contributed by atoms with van der Waals surface area (Å²) in [5.41, 5.74) is 4.45. The summed E-state index contributed by atoms with van der Waals surface area (Å²) in [7, 11) is 1.66. The predicted molar refractivity (Wildman–Crippen MR) is 123 cm³/mol. The summed E-state index contributed by atoms with van der Waals surface area (Å²) in [6, 6.07) is 21.6. The Labute approximate surface area is 173 Å². The van der Waals surface area contributed by atoms with Gasteiger partial charge in [-0.2, -0.15) is 0 Å². The van der Waals surface area contributed by atoms with Crippen molar-refractivity contribution in [1.29, 1.82) is 0 Å². The van der Waals surface area contributed by atoms with Crippen molar-refractivity contribution in [2.75, 3.05) is 7.11 Å². The maximum Gasteiger partial charge on any atom is 0.293 e. The lowest BCUT2D eigenvalue weighted by molar-refractivity contribution is 0.317. The van der Waals surface area contributed by atoms with Crippen LogP contribution in [0.5, 0.6) is 5.95 Å². The topological polar surface area (TPSA) is 22.4 Å². The van der Waals surface area contributed by atoms with Crippen LogP contribution in [-0.2, 0) is 6.42 Å². The van der Waals surface area contributed by atoms with Crippen molar-refractivity contribution in [3.8, 4) is 17.1 Å². The molecule has 0 atom stereocenters. The predicted octanol–water partition coefficient (Wildman–Crippen LogP) is 8.16. The highest BCUT2D eigenvalue weighted by Gasteiger charge is 2.16. The van der Waals surface area contributed by atoms with E-state index in [9.17, 15) is 0 Å². The van der Waals surface area contributed by atoms with Gasteiger partial charge < -0.3 is 9.15 Å². The Balaban J connectivity index is 1.55. The molecule has 0 N–H and O–H groups in total. The molecule has 1 heterocycles. The Kier molecular flexibility index (Phi) is 6.19. The standard InChI is InChI=1S/C27H30O2/c1-3-4-5-6-7-8-11-20-14-15-22-19-23(17-16-21(22)18-20)26-24-12-9-10-13-25(24)29-27(26)28-2/h9-10,12-19H,3-8,11H2,1-2H3. The third-order valence-electron chi connectivity index (χ3n) is 5.76. The third-order valence-corrected chi connectivity index (χ3v) is 5.76. The van der Waals surface area contributed by atoms with E-state index in [1.165, 1.54) is 61.3 Å². The second-order valence-electron chi connectivity index (χ2n) is 7.88. The average Bonchev–Trinajstić information content (AvgIpc) is 3.14. The van der Waals surface area contributed by atoms with Crippen LogP contribution in [0.25, 0.3) is 32.9 Å². The minimum Gasteiger partial charge on any atom is -0.468 e. The van der Waals surface area contributed by atoms with Crippen LogP contribution < -0.4 is 4.74 Å². The monoisotopic (exact) mass is 386 g/mol. The van der Waals surface area contributed by atoms with E-state index >= 15 is 0 Å². The molecule has 0 aliphatic carbocycles. The zero-order valence-corrected chi connectivity index (χ0v) is 17.5. The van der Waals surface area contributed by atoms with Gasteiger partial charge in [-0.3, -0.25) is 0 Å². The van der Waals surface area contributed by atoms with Crippen molar-refractivity contribution in [3.05, 3.63) is 66.2 Å². The molecule has 1 aromatic heterocycles. The van der Waals surface area contributed by atoms with Crippen LogP contribution >= 0.6 is 0 Å². The first kappa shape index (κ1) is 19.6. The van der Waals surface area contributed by atoms with Crippen molar-refractivity contribution in [2.45, 2.75) is 51.9 Å². The molecule has 0 aliphatic heterocycles. The van der Waals surface area contributed by atoms with Gasteiger partial charge in [0.05, 0.1) is 12.7 Å². The van der Waals surface area contributed by atoms with E-state index in [4.69, 9.17) is 9.15 Å². The normalized spacial score (nSPS) is 11.4. The molecule has 0 amide bonds. The first-order chi connectivity index (χ1) is 14.3. The number of rotatable bonds is 9. The van der Waals surface area contributed by atoms with Crippen LogP contribution in [0.15, 0.2) is 65.1 Å². The van der Waals surface area contributed by atoms with Gasteiger partial charge in [0, 0.05) is 5.39 Å². The van der Waals surface area contributed by atoms with Gasteiger partial charge >= 0.3 is 0 Å². The van der Waals surface area contributed by atoms with Gasteiger partial charge in [0.1, 0.15) is 5.58 Å². The van der Waals surface area contributed by atoms with E-state index in [0.717, 1.165) is 22.1 Å². The Hall–Kier alpha value is -2.74. The molecule has 150 valence electrons. The first-order valence-electron chi connectivity index (χ1n) is 10.9. The number of methoxy groups -OCH3 is 1. The lowest BCUT2D eigenvalue weighted by Crippen LogP contribution is -1.88. The molecule has 0 saturated heterocycles. The molecule has 2 nitrogen and oxygen atoms in total. The van der Waals surface area contributed by atoms with E-state index in [-0.39, 0.29) is 0 Å². The summed E-state index contributed by atoms with van der Waals surface area (Å²) >= 11 is 0. The van der Waals surface area contributed by atoms with Gasteiger partial charge in [0.15, 0.2) is 0 Å². The lowest BCUT2D eigenvalue weighted by atomic mass is 9.97. The molecule has 0 spiro atoms. The Morgan fingerprint density at radius 2 is 1.55 bits per heavy atom. The molecule has 4 aromatic rings. The van der Waals surface area contributed by atoms with Crippen LogP contribution in [0.1, 0.15) is 51.0 Å². The summed E-state index contributed by atoms with van der Waals surface area (Å²) in [5, 5.41) is 3.63. The van der Waals surface area contributed by atoms with E-state index in [1.54, 1.807) is 7.11 Å². The van der Waals surface area contributed by atoms with Crippen LogP contribution in [0.4, 0.5) is 0 Å². The second kappa shape index (κ2) is 9.17. The number of ether oxygens (including phenoxy) is 1. The number of hydrogen-bond donors (Lipinski definition) is 0. The minimum atomic E-state index is 0.574. The van der Waals surface area contributed by atoms with E-state index in [0.29, 0.717) is 5.95 Å². The number of furan rings is 1. The van der Waals surface area contributed by atoms with Crippen molar-refractivity contribution in [2.24, 2.45) is 0 Å². The van der Waals surface area contributed by atoms with E-state index in [1.807, 2.05) is 18.2 Å². The number of para-hydroxylation sites is 1. The fourth-order valence-corrected chi connectivity index (χ4v) is 4.16.